The van der Waals surface area contributed by atoms with Crippen LogP contribution in [-0.4, -0.2) is 16.5 Å². The Bertz CT molecular complexity index is 568. The van der Waals surface area contributed by atoms with Crippen molar-refractivity contribution in [2.45, 2.75) is 25.8 Å². The van der Waals surface area contributed by atoms with E-state index in [0.29, 0.717) is 12.0 Å². The van der Waals surface area contributed by atoms with Crippen LogP contribution in [0.3, 0.4) is 0 Å². The topological polar surface area (TPSA) is 29.0 Å². The van der Waals surface area contributed by atoms with Crippen LogP contribution in [0.25, 0.3) is 0 Å². The van der Waals surface area contributed by atoms with E-state index < -0.39 is 5.82 Å². The van der Waals surface area contributed by atoms with Gasteiger partial charge in [0.15, 0.2) is 5.82 Å². The van der Waals surface area contributed by atoms with Gasteiger partial charge in [0.2, 0.25) is 5.95 Å². The number of hydrogen-bond acceptors (Lipinski definition) is 3. The van der Waals surface area contributed by atoms with E-state index in [4.69, 9.17) is 0 Å². The fourth-order valence-corrected chi connectivity index (χ4v) is 2.68. The molecule has 1 aromatic carbocycles. The van der Waals surface area contributed by atoms with E-state index in [2.05, 4.69) is 46.1 Å². The molecule has 19 heavy (non-hydrogen) atoms. The molecule has 3 rings (SSSR count). The molecule has 1 atom stereocenters. The molecule has 2 aromatic rings. The molecule has 1 aliphatic rings. The first-order valence-corrected chi connectivity index (χ1v) is 6.55. The van der Waals surface area contributed by atoms with Crippen LogP contribution >= 0.6 is 0 Å². The van der Waals surface area contributed by atoms with Gasteiger partial charge in [-0.2, -0.15) is 0 Å². The predicted molar refractivity (Wildman–Crippen MR) is 72.5 cm³/mol. The third-order valence-corrected chi connectivity index (χ3v) is 3.54. The Balaban J connectivity index is 1.91. The van der Waals surface area contributed by atoms with Gasteiger partial charge in [0.1, 0.15) is 0 Å². The minimum absolute atomic E-state index is 0.297. The van der Waals surface area contributed by atoms with Gasteiger partial charge in [0.25, 0.3) is 0 Å². The third kappa shape index (κ3) is 2.43. The van der Waals surface area contributed by atoms with Crippen molar-refractivity contribution in [3.05, 3.63) is 53.6 Å². The number of nitrogens with zero attached hydrogens (tertiary/aromatic N) is 3. The number of hydrogen-bond donors (Lipinski definition) is 0. The molecular weight excluding hydrogens is 241 g/mol. The second-order valence-electron chi connectivity index (χ2n) is 4.97. The molecule has 98 valence electrons. The molecule has 0 unspecified atom stereocenters. The van der Waals surface area contributed by atoms with Gasteiger partial charge in [-0.25, -0.2) is 14.4 Å². The average Bonchev–Trinajstić information content (AvgIpc) is 2.89. The minimum Gasteiger partial charge on any atom is -0.334 e. The van der Waals surface area contributed by atoms with E-state index in [9.17, 15) is 4.39 Å². The highest BCUT2D eigenvalue weighted by Gasteiger charge is 2.27. The Morgan fingerprint density at radius 3 is 2.79 bits per heavy atom. The summed E-state index contributed by atoms with van der Waals surface area (Å²) in [6.07, 6.45) is 4.66. The van der Waals surface area contributed by atoms with Gasteiger partial charge >= 0.3 is 0 Å². The molecule has 1 saturated heterocycles. The lowest BCUT2D eigenvalue weighted by molar-refractivity contribution is 0.609. The Hall–Kier alpha value is -1.97. The van der Waals surface area contributed by atoms with Gasteiger partial charge in [-0.3, -0.25) is 0 Å². The molecule has 4 heteroatoms. The number of benzene rings is 1. The summed E-state index contributed by atoms with van der Waals surface area (Å²) in [5.41, 5.74) is 2.54. The smallest absolute Gasteiger partial charge is 0.225 e. The lowest BCUT2D eigenvalue weighted by atomic mass is 10.0. The van der Waals surface area contributed by atoms with Crippen LogP contribution in [-0.2, 0) is 0 Å². The van der Waals surface area contributed by atoms with Crippen molar-refractivity contribution in [3.63, 3.8) is 0 Å². The minimum atomic E-state index is -0.393. The van der Waals surface area contributed by atoms with E-state index in [1.807, 2.05) is 0 Å². The molecule has 0 saturated carbocycles. The van der Waals surface area contributed by atoms with E-state index in [0.717, 1.165) is 19.4 Å². The highest BCUT2D eigenvalue weighted by Crippen LogP contribution is 2.34. The molecular formula is C15H16FN3. The van der Waals surface area contributed by atoms with Crippen molar-refractivity contribution in [1.29, 1.82) is 0 Å². The van der Waals surface area contributed by atoms with Crippen molar-refractivity contribution in [3.8, 4) is 0 Å². The molecule has 1 aromatic heterocycles. The van der Waals surface area contributed by atoms with Gasteiger partial charge in [-0.15, -0.1) is 0 Å². The fourth-order valence-electron chi connectivity index (χ4n) is 2.68. The predicted octanol–water partition coefficient (Wildman–Crippen LogP) is 3.27. The average molecular weight is 257 g/mol. The maximum atomic E-state index is 12.9. The number of halogens is 1. The van der Waals surface area contributed by atoms with Gasteiger partial charge in [0.05, 0.1) is 18.4 Å². The maximum absolute atomic E-state index is 12.9. The zero-order valence-electron chi connectivity index (χ0n) is 10.9. The summed E-state index contributed by atoms with van der Waals surface area (Å²) < 4.78 is 12.9. The Kier molecular flexibility index (Phi) is 3.15. The Morgan fingerprint density at radius 2 is 2.05 bits per heavy atom. The molecule has 0 bridgehead atoms. The monoisotopic (exact) mass is 257 g/mol. The molecule has 0 N–H and O–H groups in total. The van der Waals surface area contributed by atoms with Crippen molar-refractivity contribution < 1.29 is 4.39 Å². The first kappa shape index (κ1) is 12.1. The molecule has 0 aliphatic carbocycles. The Morgan fingerprint density at radius 1 is 1.26 bits per heavy atom. The number of anilines is 1. The lowest BCUT2D eigenvalue weighted by Gasteiger charge is -2.25. The number of rotatable bonds is 2. The van der Waals surface area contributed by atoms with E-state index in [-0.39, 0.29) is 0 Å². The third-order valence-electron chi connectivity index (χ3n) is 3.54. The van der Waals surface area contributed by atoms with Crippen LogP contribution < -0.4 is 4.90 Å². The highest BCUT2D eigenvalue weighted by molar-refractivity contribution is 5.39. The summed E-state index contributed by atoms with van der Waals surface area (Å²) in [4.78, 5) is 10.4. The van der Waals surface area contributed by atoms with Crippen LogP contribution in [0.4, 0.5) is 10.3 Å². The van der Waals surface area contributed by atoms with Gasteiger partial charge < -0.3 is 4.90 Å². The van der Waals surface area contributed by atoms with Crippen LogP contribution in [0, 0.1) is 12.7 Å². The van der Waals surface area contributed by atoms with Crippen molar-refractivity contribution in [2.24, 2.45) is 0 Å². The van der Waals surface area contributed by atoms with Gasteiger partial charge in [0, 0.05) is 6.54 Å². The second-order valence-corrected chi connectivity index (χ2v) is 4.97. The normalized spacial score (nSPS) is 18.8. The zero-order chi connectivity index (χ0) is 13.2. The zero-order valence-corrected chi connectivity index (χ0v) is 10.9. The largest absolute Gasteiger partial charge is 0.334 e. The summed E-state index contributed by atoms with van der Waals surface area (Å²) in [6.45, 7) is 3.02. The van der Waals surface area contributed by atoms with Crippen molar-refractivity contribution in [1.82, 2.24) is 9.97 Å². The fraction of sp³-hybridized carbons (Fsp3) is 0.333. The maximum Gasteiger partial charge on any atom is 0.225 e. The first-order chi connectivity index (χ1) is 9.24. The first-order valence-electron chi connectivity index (χ1n) is 6.55. The molecule has 1 fully saturated rings. The van der Waals surface area contributed by atoms with Crippen molar-refractivity contribution >= 4 is 5.95 Å². The van der Waals surface area contributed by atoms with E-state index >= 15 is 0 Å². The molecule has 0 amide bonds. The molecule has 0 spiro atoms. The summed E-state index contributed by atoms with van der Waals surface area (Å²) in [5, 5.41) is 0. The van der Waals surface area contributed by atoms with Gasteiger partial charge in [-0.05, 0) is 25.3 Å². The highest BCUT2D eigenvalue weighted by atomic mass is 19.1. The van der Waals surface area contributed by atoms with Crippen LogP contribution in [0.1, 0.15) is 30.0 Å². The van der Waals surface area contributed by atoms with Crippen LogP contribution in [0.15, 0.2) is 36.7 Å². The number of aromatic nitrogens is 2. The lowest BCUT2D eigenvalue weighted by Crippen LogP contribution is -2.24. The summed E-state index contributed by atoms with van der Waals surface area (Å²) in [7, 11) is 0. The summed E-state index contributed by atoms with van der Waals surface area (Å²) in [6, 6.07) is 8.81. The number of aryl methyl sites for hydroxylation is 1. The standard InChI is InChI=1S/C15H16FN3/c1-11-4-2-5-12(8-11)14-6-3-7-19(14)15-17-9-13(16)10-18-15/h2,4-5,8-10,14H,3,6-7H2,1H3/t14-/m1/s1. The SMILES string of the molecule is Cc1cccc([C@H]2CCCN2c2ncc(F)cn2)c1. The van der Waals surface area contributed by atoms with E-state index in [1.54, 1.807) is 0 Å². The Labute approximate surface area is 112 Å². The molecule has 1 aliphatic heterocycles. The molecule has 0 radical (unpaired) electrons. The van der Waals surface area contributed by atoms with Crippen LogP contribution in [0.2, 0.25) is 0 Å². The quantitative estimate of drug-likeness (QED) is 0.826. The van der Waals surface area contributed by atoms with Crippen LogP contribution in [0.5, 0.6) is 0 Å². The molecule has 2 heterocycles. The molecule has 3 nitrogen and oxygen atoms in total. The summed E-state index contributed by atoms with van der Waals surface area (Å²) >= 11 is 0. The van der Waals surface area contributed by atoms with Gasteiger partial charge in [-0.1, -0.05) is 29.8 Å². The summed E-state index contributed by atoms with van der Waals surface area (Å²) in [5.74, 6) is 0.223. The van der Waals surface area contributed by atoms with Crippen molar-refractivity contribution in [2.75, 3.05) is 11.4 Å². The van der Waals surface area contributed by atoms with E-state index in [1.165, 1.54) is 23.5 Å². The second kappa shape index (κ2) is 4.96.